The molecule has 0 spiro atoms. The number of benzene rings is 1. The molecule has 2 amide bonds. The number of nitrogens with zero attached hydrogens (tertiary/aromatic N) is 1. The highest BCUT2D eigenvalue weighted by Crippen LogP contribution is 2.14. The van der Waals surface area contributed by atoms with Gasteiger partial charge in [0.15, 0.2) is 0 Å². The van der Waals surface area contributed by atoms with Crippen LogP contribution in [0.15, 0.2) is 29.6 Å². The topological polar surface area (TPSA) is 118 Å². The van der Waals surface area contributed by atoms with Gasteiger partial charge in [-0.3, -0.25) is 14.4 Å². The second-order valence-electron chi connectivity index (χ2n) is 5.06. The van der Waals surface area contributed by atoms with E-state index in [4.69, 9.17) is 9.84 Å². The normalized spacial score (nSPS) is 10.3. The van der Waals surface area contributed by atoms with Crippen LogP contribution in [0.2, 0.25) is 0 Å². The summed E-state index contributed by atoms with van der Waals surface area (Å²) in [6.45, 7) is -0.0533. The minimum Gasteiger partial charge on any atom is -0.480 e. The molecule has 2 aromatic rings. The van der Waals surface area contributed by atoms with E-state index in [0.717, 1.165) is 5.01 Å². The summed E-state index contributed by atoms with van der Waals surface area (Å²) in [4.78, 5) is 38.2. The molecule has 0 fully saturated rings. The number of aromatic nitrogens is 1. The van der Waals surface area contributed by atoms with Crippen LogP contribution in [0.25, 0.3) is 0 Å². The Hall–Kier alpha value is -2.78. The molecule has 0 atom stereocenters. The number of ether oxygens (including phenoxy) is 1. The smallest absolute Gasteiger partial charge is 0.322 e. The van der Waals surface area contributed by atoms with Gasteiger partial charge in [0.05, 0.1) is 13.0 Å². The predicted octanol–water partition coefficient (Wildman–Crippen LogP) is 1.29. The average molecular weight is 363 g/mol. The first kappa shape index (κ1) is 18.6. The quantitative estimate of drug-likeness (QED) is 0.650. The zero-order valence-electron chi connectivity index (χ0n) is 13.4. The number of thiazole rings is 1. The van der Waals surface area contributed by atoms with E-state index in [1.807, 2.05) is 0 Å². The van der Waals surface area contributed by atoms with Crippen molar-refractivity contribution in [3.8, 4) is 0 Å². The number of carboxylic acids is 1. The lowest BCUT2D eigenvalue weighted by atomic mass is 10.1. The Morgan fingerprint density at radius 3 is 2.60 bits per heavy atom. The molecule has 1 aromatic carbocycles. The van der Waals surface area contributed by atoms with Gasteiger partial charge in [0, 0.05) is 18.2 Å². The summed E-state index contributed by atoms with van der Waals surface area (Å²) in [6.07, 6.45) is 0.0635. The minimum absolute atomic E-state index is 0.0635. The van der Waals surface area contributed by atoms with E-state index in [9.17, 15) is 14.4 Å². The molecule has 0 aliphatic rings. The van der Waals surface area contributed by atoms with Crippen LogP contribution < -0.4 is 10.6 Å². The number of carboxylic acid groups (broad SMARTS) is 1. The monoisotopic (exact) mass is 363 g/mol. The summed E-state index contributed by atoms with van der Waals surface area (Å²) in [6, 6.07) is 6.71. The zero-order valence-corrected chi connectivity index (χ0v) is 14.3. The molecule has 0 saturated carbocycles. The Morgan fingerprint density at radius 1 is 1.24 bits per heavy atom. The zero-order chi connectivity index (χ0) is 18.2. The van der Waals surface area contributed by atoms with E-state index < -0.39 is 12.5 Å². The van der Waals surface area contributed by atoms with Crippen molar-refractivity contribution in [1.29, 1.82) is 0 Å². The molecule has 0 bridgehead atoms. The lowest BCUT2D eigenvalue weighted by Gasteiger charge is -2.06. The standard InChI is InChI=1S/C16H17N3O5S/c1-24-8-14-19-12(9-25-14)16(23)18-11-4-2-10(3-5-11)6-13(20)17-7-15(21)22/h2-5,9H,6-8H2,1H3,(H,17,20)(H,18,23)(H,21,22). The van der Waals surface area contributed by atoms with Crippen LogP contribution >= 0.6 is 11.3 Å². The SMILES string of the molecule is COCc1nc(C(=O)Nc2ccc(CC(=O)NCC(=O)O)cc2)cs1. The van der Waals surface area contributed by atoms with Crippen LogP contribution in [0.1, 0.15) is 21.1 Å². The van der Waals surface area contributed by atoms with Gasteiger partial charge in [-0.05, 0) is 17.7 Å². The van der Waals surface area contributed by atoms with Gasteiger partial charge in [-0.15, -0.1) is 11.3 Å². The fraction of sp³-hybridized carbons (Fsp3) is 0.250. The number of aliphatic carboxylic acids is 1. The van der Waals surface area contributed by atoms with Crippen LogP contribution in [-0.2, 0) is 27.4 Å². The second kappa shape index (κ2) is 8.90. The van der Waals surface area contributed by atoms with Gasteiger partial charge < -0.3 is 20.5 Å². The Kier molecular flexibility index (Phi) is 6.61. The lowest BCUT2D eigenvalue weighted by molar-refractivity contribution is -0.137. The summed E-state index contributed by atoms with van der Waals surface area (Å²) in [7, 11) is 1.56. The molecule has 0 aliphatic carbocycles. The minimum atomic E-state index is -1.10. The highest BCUT2D eigenvalue weighted by atomic mass is 32.1. The molecular formula is C16H17N3O5S. The Labute approximate surface area is 147 Å². The van der Waals surface area contributed by atoms with E-state index in [2.05, 4.69) is 15.6 Å². The van der Waals surface area contributed by atoms with Gasteiger partial charge in [0.2, 0.25) is 5.91 Å². The Balaban J connectivity index is 1.89. The van der Waals surface area contributed by atoms with Crippen molar-refractivity contribution in [1.82, 2.24) is 10.3 Å². The molecule has 1 aromatic heterocycles. The van der Waals surface area contributed by atoms with Crippen molar-refractivity contribution in [2.24, 2.45) is 0 Å². The van der Waals surface area contributed by atoms with Gasteiger partial charge in [-0.25, -0.2) is 4.98 Å². The molecule has 1 heterocycles. The third-order valence-corrected chi connectivity index (χ3v) is 3.89. The van der Waals surface area contributed by atoms with Crippen LogP contribution in [0, 0.1) is 0 Å². The molecule has 25 heavy (non-hydrogen) atoms. The van der Waals surface area contributed by atoms with Gasteiger partial charge in [0.1, 0.15) is 17.2 Å². The lowest BCUT2D eigenvalue weighted by Crippen LogP contribution is -2.30. The third-order valence-electron chi connectivity index (χ3n) is 3.07. The molecular weight excluding hydrogens is 346 g/mol. The van der Waals surface area contributed by atoms with Gasteiger partial charge in [-0.2, -0.15) is 0 Å². The van der Waals surface area contributed by atoms with Gasteiger partial charge in [-0.1, -0.05) is 12.1 Å². The fourth-order valence-electron chi connectivity index (χ4n) is 1.93. The Bertz CT molecular complexity index is 757. The van der Waals surface area contributed by atoms with Gasteiger partial charge >= 0.3 is 5.97 Å². The maximum Gasteiger partial charge on any atom is 0.322 e. The van der Waals surface area contributed by atoms with E-state index in [1.165, 1.54) is 11.3 Å². The summed E-state index contributed by atoms with van der Waals surface area (Å²) >= 11 is 1.35. The van der Waals surface area contributed by atoms with Crippen molar-refractivity contribution in [2.45, 2.75) is 13.0 Å². The summed E-state index contributed by atoms with van der Waals surface area (Å²) in [5, 5.41) is 15.9. The first-order valence-electron chi connectivity index (χ1n) is 7.30. The average Bonchev–Trinajstić information content (AvgIpc) is 3.04. The Morgan fingerprint density at radius 2 is 1.96 bits per heavy atom. The number of anilines is 1. The molecule has 0 aliphatic heterocycles. The number of hydrogen-bond donors (Lipinski definition) is 3. The third kappa shape index (κ3) is 5.98. The van der Waals surface area contributed by atoms with Crippen molar-refractivity contribution in [2.75, 3.05) is 19.0 Å². The van der Waals surface area contributed by atoms with E-state index >= 15 is 0 Å². The highest BCUT2D eigenvalue weighted by Gasteiger charge is 2.11. The maximum atomic E-state index is 12.1. The van der Waals surface area contributed by atoms with Crippen LogP contribution in [0.3, 0.4) is 0 Å². The molecule has 132 valence electrons. The van der Waals surface area contributed by atoms with Crippen LogP contribution in [0.5, 0.6) is 0 Å². The predicted molar refractivity (Wildman–Crippen MR) is 91.6 cm³/mol. The summed E-state index contributed by atoms with van der Waals surface area (Å²) < 4.78 is 4.97. The van der Waals surface area contributed by atoms with Crippen molar-refractivity contribution in [3.05, 3.63) is 45.9 Å². The number of carbonyl (C=O) groups excluding carboxylic acids is 2. The maximum absolute atomic E-state index is 12.1. The van der Waals surface area contributed by atoms with Crippen molar-refractivity contribution in [3.63, 3.8) is 0 Å². The largest absolute Gasteiger partial charge is 0.480 e. The molecule has 0 saturated heterocycles. The van der Waals surface area contributed by atoms with Crippen LogP contribution in [-0.4, -0.2) is 41.5 Å². The van der Waals surface area contributed by atoms with Crippen molar-refractivity contribution < 1.29 is 24.2 Å². The molecule has 2 rings (SSSR count). The molecule has 0 radical (unpaired) electrons. The molecule has 0 unspecified atom stereocenters. The first-order valence-corrected chi connectivity index (χ1v) is 8.18. The fourth-order valence-corrected chi connectivity index (χ4v) is 2.67. The molecule has 3 N–H and O–H groups in total. The summed E-state index contributed by atoms with van der Waals surface area (Å²) in [5.41, 5.74) is 1.59. The van der Waals surface area contributed by atoms with E-state index in [-0.39, 0.29) is 18.2 Å². The van der Waals surface area contributed by atoms with Crippen LogP contribution in [0.4, 0.5) is 5.69 Å². The van der Waals surface area contributed by atoms with Gasteiger partial charge in [0.25, 0.3) is 5.91 Å². The number of carbonyl (C=O) groups is 3. The summed E-state index contributed by atoms with van der Waals surface area (Å²) in [5.74, 6) is -1.81. The number of hydrogen-bond acceptors (Lipinski definition) is 6. The highest BCUT2D eigenvalue weighted by molar-refractivity contribution is 7.09. The first-order chi connectivity index (χ1) is 12.0. The van der Waals surface area contributed by atoms with E-state index in [0.29, 0.717) is 23.6 Å². The molecule has 8 nitrogen and oxygen atoms in total. The van der Waals surface area contributed by atoms with E-state index in [1.54, 1.807) is 36.8 Å². The number of nitrogens with one attached hydrogen (secondary N) is 2. The number of amides is 2. The number of methoxy groups -OCH3 is 1. The second-order valence-corrected chi connectivity index (χ2v) is 6.00. The number of rotatable bonds is 8. The molecule has 9 heteroatoms. The van der Waals surface area contributed by atoms with Crippen molar-refractivity contribution >= 4 is 34.8 Å².